The van der Waals surface area contributed by atoms with E-state index in [0.717, 1.165) is 25.7 Å². The van der Waals surface area contributed by atoms with Crippen molar-refractivity contribution in [3.05, 3.63) is 0 Å². The number of carboxylic acid groups (broad SMARTS) is 1. The number of carboxylic acids is 1. The van der Waals surface area contributed by atoms with Gasteiger partial charge in [-0.15, -0.1) is 0 Å². The fourth-order valence-corrected chi connectivity index (χ4v) is 2.48. The van der Waals surface area contributed by atoms with Gasteiger partial charge in [-0.25, -0.2) is 4.79 Å². The quantitative estimate of drug-likeness (QED) is 0.633. The van der Waals surface area contributed by atoms with Gasteiger partial charge in [-0.2, -0.15) is 0 Å². The minimum atomic E-state index is -0.892. The molecule has 7 nitrogen and oxygen atoms in total. The predicted molar refractivity (Wildman–Crippen MR) is 73.0 cm³/mol. The van der Waals surface area contributed by atoms with Crippen LogP contribution in [0.15, 0.2) is 0 Å². The van der Waals surface area contributed by atoms with E-state index in [4.69, 9.17) is 10.8 Å². The highest BCUT2D eigenvalue weighted by molar-refractivity contribution is 5.83. The van der Waals surface area contributed by atoms with Gasteiger partial charge in [0.25, 0.3) is 0 Å². The summed E-state index contributed by atoms with van der Waals surface area (Å²) in [4.78, 5) is 35.2. The molecule has 1 rings (SSSR count). The summed E-state index contributed by atoms with van der Waals surface area (Å²) in [5, 5.41) is 11.4. The van der Waals surface area contributed by atoms with E-state index in [9.17, 15) is 14.4 Å². The van der Waals surface area contributed by atoms with Gasteiger partial charge < -0.3 is 21.1 Å². The Bertz CT molecular complexity index is 367. The number of primary amides is 1. The molecule has 1 aliphatic rings. The van der Waals surface area contributed by atoms with Crippen molar-refractivity contribution in [1.82, 2.24) is 10.2 Å². The number of aliphatic carboxylic acids is 1. The van der Waals surface area contributed by atoms with Crippen LogP contribution < -0.4 is 11.1 Å². The third kappa shape index (κ3) is 5.46. The molecule has 0 aromatic heterocycles. The number of nitrogens with two attached hydrogens (primary N) is 1. The van der Waals surface area contributed by atoms with E-state index in [1.807, 2.05) is 0 Å². The molecule has 1 atom stereocenters. The average molecular weight is 285 g/mol. The second-order valence-corrected chi connectivity index (χ2v) is 5.42. The summed E-state index contributed by atoms with van der Waals surface area (Å²) in [5.74, 6) is -1.59. The monoisotopic (exact) mass is 285 g/mol. The fourth-order valence-electron chi connectivity index (χ4n) is 2.48. The highest BCUT2D eigenvalue weighted by Gasteiger charge is 2.27. The molecule has 114 valence electrons. The van der Waals surface area contributed by atoms with Gasteiger partial charge in [0.2, 0.25) is 5.91 Å². The first-order valence-electron chi connectivity index (χ1n) is 6.94. The van der Waals surface area contributed by atoms with Crippen LogP contribution in [0, 0.1) is 5.92 Å². The average Bonchev–Trinajstić information content (AvgIpc) is 2.85. The molecule has 1 fully saturated rings. The third-order valence-corrected chi connectivity index (χ3v) is 3.48. The lowest BCUT2D eigenvalue weighted by Crippen LogP contribution is -2.49. The number of hydrogen-bond donors (Lipinski definition) is 3. The molecule has 1 saturated carbocycles. The first-order chi connectivity index (χ1) is 9.40. The number of carbonyl (C=O) groups excluding carboxylic acids is 2. The number of carbonyl (C=O) groups is 3. The Morgan fingerprint density at radius 1 is 1.35 bits per heavy atom. The molecule has 1 aliphatic carbocycles. The van der Waals surface area contributed by atoms with Crippen LogP contribution >= 0.6 is 0 Å². The van der Waals surface area contributed by atoms with Crippen LogP contribution in [0.4, 0.5) is 4.79 Å². The number of hydrogen-bond acceptors (Lipinski definition) is 3. The molecule has 0 saturated heterocycles. The van der Waals surface area contributed by atoms with Gasteiger partial charge in [0.05, 0.1) is 0 Å². The van der Waals surface area contributed by atoms with Crippen molar-refractivity contribution in [3.8, 4) is 0 Å². The smallest absolute Gasteiger partial charge is 0.318 e. The number of nitrogens with zero attached hydrogens (tertiary/aromatic N) is 1. The van der Waals surface area contributed by atoms with E-state index in [1.165, 1.54) is 4.90 Å². The van der Waals surface area contributed by atoms with Crippen LogP contribution in [0.25, 0.3) is 0 Å². The van der Waals surface area contributed by atoms with Crippen molar-refractivity contribution in [2.24, 2.45) is 11.7 Å². The van der Waals surface area contributed by atoms with Crippen molar-refractivity contribution < 1.29 is 19.5 Å². The zero-order valence-corrected chi connectivity index (χ0v) is 11.8. The van der Waals surface area contributed by atoms with Gasteiger partial charge in [0.15, 0.2) is 0 Å². The van der Waals surface area contributed by atoms with E-state index in [0.29, 0.717) is 0 Å². The lowest BCUT2D eigenvalue weighted by atomic mass is 10.1. The third-order valence-electron chi connectivity index (χ3n) is 3.48. The van der Waals surface area contributed by atoms with E-state index in [-0.39, 0.29) is 37.5 Å². The molecule has 0 spiro atoms. The first kappa shape index (κ1) is 16.3. The largest absolute Gasteiger partial charge is 0.481 e. The summed E-state index contributed by atoms with van der Waals surface area (Å²) in [6, 6.07) is -0.287. The van der Waals surface area contributed by atoms with Crippen LogP contribution in [-0.4, -0.2) is 47.0 Å². The number of amides is 3. The Kier molecular flexibility index (Phi) is 6.27. The highest BCUT2D eigenvalue weighted by atomic mass is 16.4. The Morgan fingerprint density at radius 3 is 2.45 bits per heavy atom. The Balaban J connectivity index is 2.50. The summed E-state index contributed by atoms with van der Waals surface area (Å²) in [6.45, 7) is 1.93. The van der Waals surface area contributed by atoms with Gasteiger partial charge in [0, 0.05) is 19.0 Å². The van der Waals surface area contributed by atoms with E-state index in [1.54, 1.807) is 6.92 Å². The molecule has 0 heterocycles. The molecule has 4 N–H and O–H groups in total. The lowest BCUT2D eigenvalue weighted by Gasteiger charge is -2.28. The van der Waals surface area contributed by atoms with Crippen molar-refractivity contribution in [2.45, 2.75) is 45.1 Å². The molecular formula is C13H23N3O4. The number of urea groups is 1. The second-order valence-electron chi connectivity index (χ2n) is 5.42. The SMILES string of the molecule is CC(CNC(=O)N(CC(N)=O)C1CCCC1)CC(=O)O. The van der Waals surface area contributed by atoms with Gasteiger partial charge in [-0.3, -0.25) is 9.59 Å². The molecule has 0 bridgehead atoms. The minimum Gasteiger partial charge on any atom is -0.481 e. The van der Waals surface area contributed by atoms with Gasteiger partial charge in [0.1, 0.15) is 6.54 Å². The van der Waals surface area contributed by atoms with Crippen LogP contribution in [0.1, 0.15) is 39.0 Å². The summed E-state index contributed by atoms with van der Waals surface area (Å²) in [6.07, 6.45) is 3.85. The topological polar surface area (TPSA) is 113 Å². The van der Waals surface area contributed by atoms with Gasteiger partial charge >= 0.3 is 12.0 Å². The fraction of sp³-hybridized carbons (Fsp3) is 0.769. The predicted octanol–water partition coefficient (Wildman–Crippen LogP) is 0.537. The zero-order valence-electron chi connectivity index (χ0n) is 11.8. The second kappa shape index (κ2) is 7.72. The summed E-state index contributed by atoms with van der Waals surface area (Å²) in [5.41, 5.74) is 5.18. The maximum Gasteiger partial charge on any atom is 0.318 e. The van der Waals surface area contributed by atoms with E-state index >= 15 is 0 Å². The molecule has 20 heavy (non-hydrogen) atoms. The summed E-state index contributed by atoms with van der Waals surface area (Å²) >= 11 is 0. The molecule has 0 aromatic carbocycles. The van der Waals surface area contributed by atoms with Crippen LogP contribution in [0.2, 0.25) is 0 Å². The van der Waals surface area contributed by atoms with Crippen LogP contribution in [0.5, 0.6) is 0 Å². The normalized spacial score (nSPS) is 16.6. The van der Waals surface area contributed by atoms with Gasteiger partial charge in [-0.1, -0.05) is 19.8 Å². The summed E-state index contributed by atoms with van der Waals surface area (Å²) < 4.78 is 0. The maximum atomic E-state index is 12.1. The van der Waals surface area contributed by atoms with Crippen molar-refractivity contribution in [1.29, 1.82) is 0 Å². The molecule has 1 unspecified atom stereocenters. The minimum absolute atomic E-state index is 0.000468. The van der Waals surface area contributed by atoms with Crippen molar-refractivity contribution in [2.75, 3.05) is 13.1 Å². The standard InChI is InChI=1S/C13H23N3O4/c1-9(6-12(18)19)7-15-13(20)16(8-11(14)17)10-4-2-3-5-10/h9-10H,2-8H2,1H3,(H2,14,17)(H,15,20)(H,18,19). The lowest BCUT2D eigenvalue weighted by molar-refractivity contribution is -0.137. The highest BCUT2D eigenvalue weighted by Crippen LogP contribution is 2.23. The van der Waals surface area contributed by atoms with E-state index in [2.05, 4.69) is 5.32 Å². The van der Waals surface area contributed by atoms with Gasteiger partial charge in [-0.05, 0) is 18.8 Å². The van der Waals surface area contributed by atoms with Crippen LogP contribution in [-0.2, 0) is 9.59 Å². The first-order valence-corrected chi connectivity index (χ1v) is 6.94. The zero-order chi connectivity index (χ0) is 15.1. The Morgan fingerprint density at radius 2 is 1.95 bits per heavy atom. The van der Waals surface area contributed by atoms with Crippen LogP contribution in [0.3, 0.4) is 0 Å². The number of rotatable bonds is 7. The molecular weight excluding hydrogens is 262 g/mol. The Labute approximate surface area is 118 Å². The molecule has 3 amide bonds. The maximum absolute atomic E-state index is 12.1. The molecule has 0 aromatic rings. The Hall–Kier alpha value is -1.79. The molecule has 7 heteroatoms. The van der Waals surface area contributed by atoms with E-state index < -0.39 is 11.9 Å². The number of nitrogens with one attached hydrogen (secondary N) is 1. The van der Waals surface area contributed by atoms with Crippen molar-refractivity contribution >= 4 is 17.9 Å². The molecule has 0 radical (unpaired) electrons. The molecule has 0 aliphatic heterocycles. The summed E-state index contributed by atoms with van der Waals surface area (Å²) in [7, 11) is 0. The van der Waals surface area contributed by atoms with Crippen molar-refractivity contribution in [3.63, 3.8) is 0 Å².